The first-order valence-electron chi connectivity index (χ1n) is 7.69. The first-order chi connectivity index (χ1) is 11.0. The number of benzene rings is 1. The normalized spacial score (nSPS) is 20.1. The lowest BCUT2D eigenvalue weighted by molar-refractivity contribution is 0.0229. The van der Waals surface area contributed by atoms with Gasteiger partial charge < -0.3 is 20.7 Å². The van der Waals surface area contributed by atoms with Gasteiger partial charge in [-0.05, 0) is 31.9 Å². The van der Waals surface area contributed by atoms with Gasteiger partial charge in [-0.2, -0.15) is 0 Å². The average Bonchev–Trinajstić information content (AvgIpc) is 2.97. The molecule has 7 heteroatoms. The molecule has 1 aliphatic rings. The molecule has 126 valence electrons. The van der Waals surface area contributed by atoms with Gasteiger partial charge in [-0.3, -0.25) is 4.79 Å². The van der Waals surface area contributed by atoms with Crippen molar-refractivity contribution in [3.8, 4) is 0 Å². The third-order valence-electron chi connectivity index (χ3n) is 3.74. The summed E-state index contributed by atoms with van der Waals surface area (Å²) in [6.07, 6.45) is 1.97. The fourth-order valence-electron chi connectivity index (χ4n) is 2.40. The number of amides is 3. The van der Waals surface area contributed by atoms with Gasteiger partial charge in [0, 0.05) is 26.2 Å². The Hall–Kier alpha value is -1.79. The second-order valence-corrected chi connectivity index (χ2v) is 6.15. The highest BCUT2D eigenvalue weighted by Gasteiger charge is 2.29. The summed E-state index contributed by atoms with van der Waals surface area (Å²) in [6, 6.07) is 6.56. The van der Waals surface area contributed by atoms with E-state index in [4.69, 9.17) is 16.3 Å². The standard InChI is InChI=1S/C16H22ClN3O3/c1-16(7-4-10-23-16)11-20-15(22)19-9-8-18-14(21)12-5-2-3-6-13(12)17/h2-3,5-6H,4,7-11H2,1H3,(H,18,21)(H2,19,20,22)/t16-/m0/s1. The number of rotatable bonds is 6. The Bertz CT molecular complexity index is 559. The summed E-state index contributed by atoms with van der Waals surface area (Å²) in [4.78, 5) is 23.6. The summed E-state index contributed by atoms with van der Waals surface area (Å²) >= 11 is 5.95. The first-order valence-corrected chi connectivity index (χ1v) is 8.06. The molecule has 0 aromatic heterocycles. The molecule has 3 amide bonds. The zero-order chi connectivity index (χ0) is 16.7. The molecule has 1 atom stereocenters. The van der Waals surface area contributed by atoms with Crippen molar-refractivity contribution in [1.29, 1.82) is 0 Å². The van der Waals surface area contributed by atoms with E-state index < -0.39 is 0 Å². The Morgan fingerprint density at radius 2 is 1.96 bits per heavy atom. The summed E-state index contributed by atoms with van der Waals surface area (Å²) in [5.41, 5.74) is 0.153. The Morgan fingerprint density at radius 1 is 1.22 bits per heavy atom. The van der Waals surface area contributed by atoms with Gasteiger partial charge in [0.25, 0.3) is 5.91 Å². The van der Waals surface area contributed by atoms with Crippen LogP contribution in [-0.2, 0) is 4.74 Å². The fraction of sp³-hybridized carbons (Fsp3) is 0.500. The van der Waals surface area contributed by atoms with E-state index >= 15 is 0 Å². The van der Waals surface area contributed by atoms with Crippen molar-refractivity contribution >= 4 is 23.5 Å². The molecule has 0 spiro atoms. The van der Waals surface area contributed by atoms with Crippen molar-refractivity contribution in [2.75, 3.05) is 26.2 Å². The van der Waals surface area contributed by atoms with E-state index in [1.54, 1.807) is 24.3 Å². The largest absolute Gasteiger partial charge is 0.373 e. The molecule has 0 bridgehead atoms. The molecule has 1 aromatic carbocycles. The summed E-state index contributed by atoms with van der Waals surface area (Å²) in [6.45, 7) is 3.87. The Balaban J connectivity index is 1.62. The highest BCUT2D eigenvalue weighted by Crippen LogP contribution is 2.23. The number of urea groups is 1. The van der Waals surface area contributed by atoms with Crippen LogP contribution >= 0.6 is 11.6 Å². The Morgan fingerprint density at radius 3 is 2.65 bits per heavy atom. The monoisotopic (exact) mass is 339 g/mol. The van der Waals surface area contributed by atoms with E-state index in [9.17, 15) is 9.59 Å². The van der Waals surface area contributed by atoms with Crippen molar-refractivity contribution in [2.45, 2.75) is 25.4 Å². The van der Waals surface area contributed by atoms with Gasteiger partial charge >= 0.3 is 6.03 Å². The van der Waals surface area contributed by atoms with Gasteiger partial charge in [-0.1, -0.05) is 23.7 Å². The quantitative estimate of drug-likeness (QED) is 0.693. The van der Waals surface area contributed by atoms with Gasteiger partial charge in [-0.15, -0.1) is 0 Å². The molecule has 23 heavy (non-hydrogen) atoms. The number of nitrogens with one attached hydrogen (secondary N) is 3. The number of hydrogen-bond donors (Lipinski definition) is 3. The highest BCUT2D eigenvalue weighted by atomic mass is 35.5. The zero-order valence-corrected chi connectivity index (χ0v) is 13.9. The molecule has 6 nitrogen and oxygen atoms in total. The molecular weight excluding hydrogens is 318 g/mol. The number of hydrogen-bond acceptors (Lipinski definition) is 3. The number of carbonyl (C=O) groups excluding carboxylic acids is 2. The molecule has 1 heterocycles. The fourth-order valence-corrected chi connectivity index (χ4v) is 2.62. The van der Waals surface area contributed by atoms with Gasteiger partial charge in [0.15, 0.2) is 0 Å². The lowest BCUT2D eigenvalue weighted by Gasteiger charge is -2.23. The smallest absolute Gasteiger partial charge is 0.314 e. The van der Waals surface area contributed by atoms with E-state index in [0.29, 0.717) is 30.2 Å². The maximum atomic E-state index is 11.9. The van der Waals surface area contributed by atoms with Crippen molar-refractivity contribution < 1.29 is 14.3 Å². The molecule has 0 unspecified atom stereocenters. The van der Waals surface area contributed by atoms with Gasteiger partial charge in [0.05, 0.1) is 16.2 Å². The number of halogens is 1. The van der Waals surface area contributed by atoms with Crippen LogP contribution in [0.4, 0.5) is 4.79 Å². The van der Waals surface area contributed by atoms with Crippen molar-refractivity contribution in [3.63, 3.8) is 0 Å². The van der Waals surface area contributed by atoms with Crippen LogP contribution in [0.2, 0.25) is 5.02 Å². The van der Waals surface area contributed by atoms with Crippen LogP contribution in [0.3, 0.4) is 0 Å². The predicted molar refractivity (Wildman–Crippen MR) is 88.8 cm³/mol. The van der Waals surface area contributed by atoms with Crippen LogP contribution < -0.4 is 16.0 Å². The minimum Gasteiger partial charge on any atom is -0.373 e. The van der Waals surface area contributed by atoms with Crippen LogP contribution in [0.1, 0.15) is 30.1 Å². The van der Waals surface area contributed by atoms with Crippen molar-refractivity contribution in [2.24, 2.45) is 0 Å². The van der Waals surface area contributed by atoms with Crippen molar-refractivity contribution in [1.82, 2.24) is 16.0 Å². The van der Waals surface area contributed by atoms with E-state index in [1.165, 1.54) is 0 Å². The van der Waals surface area contributed by atoms with Gasteiger partial charge in [-0.25, -0.2) is 4.79 Å². The van der Waals surface area contributed by atoms with Gasteiger partial charge in [0.2, 0.25) is 0 Å². The van der Waals surface area contributed by atoms with Crippen LogP contribution in [0.15, 0.2) is 24.3 Å². The minimum atomic E-state index is -0.270. The molecule has 0 radical (unpaired) electrons. The first kappa shape index (κ1) is 17.6. The van der Waals surface area contributed by atoms with Crippen molar-refractivity contribution in [3.05, 3.63) is 34.9 Å². The minimum absolute atomic E-state index is 0.260. The van der Waals surface area contributed by atoms with E-state index in [0.717, 1.165) is 19.4 Å². The molecule has 1 aromatic rings. The summed E-state index contributed by atoms with van der Waals surface area (Å²) < 4.78 is 5.60. The summed E-state index contributed by atoms with van der Waals surface area (Å²) in [5, 5.41) is 8.59. The van der Waals surface area contributed by atoms with E-state index in [2.05, 4.69) is 16.0 Å². The molecule has 1 fully saturated rings. The molecule has 0 aliphatic carbocycles. The summed E-state index contributed by atoms with van der Waals surface area (Å²) in [7, 11) is 0. The lowest BCUT2D eigenvalue weighted by atomic mass is 10.0. The second-order valence-electron chi connectivity index (χ2n) is 5.75. The van der Waals surface area contributed by atoms with Crippen LogP contribution in [0.25, 0.3) is 0 Å². The van der Waals surface area contributed by atoms with Crippen LogP contribution in [0, 0.1) is 0 Å². The molecule has 1 saturated heterocycles. The SMILES string of the molecule is C[C@@]1(CNC(=O)NCCNC(=O)c2ccccc2Cl)CCCO1. The highest BCUT2D eigenvalue weighted by molar-refractivity contribution is 6.33. The predicted octanol–water partition coefficient (Wildman–Crippen LogP) is 1.94. The molecule has 3 N–H and O–H groups in total. The molecule has 0 saturated carbocycles. The zero-order valence-electron chi connectivity index (χ0n) is 13.2. The Kier molecular flexibility index (Phi) is 6.24. The molecule has 2 rings (SSSR count). The lowest BCUT2D eigenvalue weighted by Crippen LogP contribution is -2.46. The number of ether oxygens (including phenoxy) is 1. The maximum Gasteiger partial charge on any atom is 0.314 e. The Labute approximate surface area is 140 Å². The molecular formula is C16H22ClN3O3. The van der Waals surface area contributed by atoms with E-state index in [1.807, 2.05) is 6.92 Å². The topological polar surface area (TPSA) is 79.5 Å². The molecule has 1 aliphatic heterocycles. The average molecular weight is 340 g/mol. The summed E-state index contributed by atoms with van der Waals surface area (Å²) in [5.74, 6) is -0.260. The van der Waals surface area contributed by atoms with E-state index in [-0.39, 0.29) is 17.5 Å². The second kappa shape index (κ2) is 8.17. The maximum absolute atomic E-state index is 11.9. The number of carbonyl (C=O) groups is 2. The van der Waals surface area contributed by atoms with Crippen LogP contribution in [-0.4, -0.2) is 43.8 Å². The van der Waals surface area contributed by atoms with Gasteiger partial charge in [0.1, 0.15) is 0 Å². The van der Waals surface area contributed by atoms with Crippen LogP contribution in [0.5, 0.6) is 0 Å². The third-order valence-corrected chi connectivity index (χ3v) is 4.07. The third kappa shape index (κ3) is 5.41.